The van der Waals surface area contributed by atoms with E-state index in [0.717, 1.165) is 22.7 Å². The number of para-hydroxylation sites is 1. The van der Waals surface area contributed by atoms with Crippen molar-refractivity contribution in [2.45, 2.75) is 6.54 Å². The maximum atomic E-state index is 5.72. The van der Waals surface area contributed by atoms with E-state index in [1.807, 2.05) is 35.9 Å². The van der Waals surface area contributed by atoms with E-state index in [2.05, 4.69) is 4.98 Å². The van der Waals surface area contributed by atoms with E-state index in [0.29, 0.717) is 6.54 Å². The lowest BCUT2D eigenvalue weighted by Gasteiger charge is -2.08. The van der Waals surface area contributed by atoms with Gasteiger partial charge in [0.2, 0.25) is 0 Å². The normalized spacial score (nSPS) is 10.4. The molecule has 0 atom stereocenters. The highest BCUT2D eigenvalue weighted by molar-refractivity contribution is 5.69. The molecule has 4 heteroatoms. The molecule has 1 aromatic carbocycles. The zero-order valence-electron chi connectivity index (χ0n) is 9.47. The van der Waals surface area contributed by atoms with Crippen LogP contribution in [0.25, 0.3) is 11.3 Å². The summed E-state index contributed by atoms with van der Waals surface area (Å²) in [6.07, 6.45) is 1.77. The third kappa shape index (κ3) is 1.67. The van der Waals surface area contributed by atoms with Crippen molar-refractivity contribution in [1.29, 1.82) is 0 Å². The second-order valence-electron chi connectivity index (χ2n) is 3.56. The zero-order chi connectivity index (χ0) is 11.5. The van der Waals surface area contributed by atoms with Gasteiger partial charge in [0.25, 0.3) is 0 Å². The van der Waals surface area contributed by atoms with Crippen LogP contribution in [0.3, 0.4) is 0 Å². The van der Waals surface area contributed by atoms with E-state index >= 15 is 0 Å². The molecule has 0 radical (unpaired) electrons. The van der Waals surface area contributed by atoms with Gasteiger partial charge >= 0.3 is 0 Å². The van der Waals surface area contributed by atoms with E-state index < -0.39 is 0 Å². The van der Waals surface area contributed by atoms with Crippen LogP contribution in [0.15, 0.2) is 30.6 Å². The molecule has 0 unspecified atom stereocenters. The van der Waals surface area contributed by atoms with Crippen LogP contribution < -0.4 is 10.5 Å². The Morgan fingerprint density at radius 2 is 2.12 bits per heavy atom. The van der Waals surface area contributed by atoms with E-state index in [4.69, 9.17) is 10.5 Å². The summed E-state index contributed by atoms with van der Waals surface area (Å²) in [6.45, 7) is 0.462. The highest BCUT2D eigenvalue weighted by atomic mass is 16.5. The number of aromatic nitrogens is 2. The summed E-state index contributed by atoms with van der Waals surface area (Å²) >= 11 is 0. The predicted octanol–water partition coefficient (Wildman–Crippen LogP) is 1.55. The molecule has 84 valence electrons. The third-order valence-electron chi connectivity index (χ3n) is 2.61. The number of methoxy groups -OCH3 is 1. The average molecular weight is 217 g/mol. The molecule has 2 rings (SSSR count). The first-order valence-electron chi connectivity index (χ1n) is 5.11. The Kier molecular flexibility index (Phi) is 2.92. The van der Waals surface area contributed by atoms with Gasteiger partial charge in [-0.3, -0.25) is 0 Å². The molecule has 2 N–H and O–H groups in total. The number of rotatable bonds is 3. The van der Waals surface area contributed by atoms with E-state index in [-0.39, 0.29) is 0 Å². The Bertz CT molecular complexity index is 491. The Labute approximate surface area is 94.7 Å². The highest BCUT2D eigenvalue weighted by Gasteiger charge is 2.13. The second-order valence-corrected chi connectivity index (χ2v) is 3.56. The zero-order valence-corrected chi connectivity index (χ0v) is 9.47. The van der Waals surface area contributed by atoms with Crippen LogP contribution in [-0.2, 0) is 13.6 Å². The molecule has 4 nitrogen and oxygen atoms in total. The number of hydrogen-bond donors (Lipinski definition) is 1. The molecule has 0 fully saturated rings. The Morgan fingerprint density at radius 1 is 1.38 bits per heavy atom. The van der Waals surface area contributed by atoms with Crippen molar-refractivity contribution >= 4 is 0 Å². The van der Waals surface area contributed by atoms with Crippen molar-refractivity contribution in [3.63, 3.8) is 0 Å². The number of nitrogens with zero attached hydrogens (tertiary/aromatic N) is 2. The number of imidazole rings is 1. The highest BCUT2D eigenvalue weighted by Crippen LogP contribution is 2.30. The van der Waals surface area contributed by atoms with Crippen LogP contribution in [0.5, 0.6) is 5.75 Å². The fourth-order valence-electron chi connectivity index (χ4n) is 1.76. The van der Waals surface area contributed by atoms with Gasteiger partial charge in [0, 0.05) is 19.2 Å². The van der Waals surface area contributed by atoms with Gasteiger partial charge in [-0.05, 0) is 12.1 Å². The quantitative estimate of drug-likeness (QED) is 0.848. The minimum absolute atomic E-state index is 0.462. The number of hydrogen-bond acceptors (Lipinski definition) is 3. The van der Waals surface area contributed by atoms with Crippen molar-refractivity contribution in [2.24, 2.45) is 12.8 Å². The standard InChI is InChI=1S/C12H15N3O/c1-15-8-14-12(10(15)7-13)9-5-3-4-6-11(9)16-2/h3-6,8H,7,13H2,1-2H3. The van der Waals surface area contributed by atoms with Crippen LogP contribution in [0.2, 0.25) is 0 Å². The summed E-state index contributed by atoms with van der Waals surface area (Å²) in [5, 5.41) is 0. The minimum atomic E-state index is 0.462. The van der Waals surface area contributed by atoms with Crippen LogP contribution in [0.1, 0.15) is 5.69 Å². The lowest BCUT2D eigenvalue weighted by molar-refractivity contribution is 0.416. The first-order valence-corrected chi connectivity index (χ1v) is 5.11. The maximum Gasteiger partial charge on any atom is 0.128 e. The van der Waals surface area contributed by atoms with Crippen LogP contribution >= 0.6 is 0 Å². The number of nitrogens with two attached hydrogens (primary N) is 1. The van der Waals surface area contributed by atoms with Gasteiger partial charge in [0.05, 0.1) is 24.8 Å². The molecular weight excluding hydrogens is 202 g/mol. The third-order valence-corrected chi connectivity index (χ3v) is 2.61. The smallest absolute Gasteiger partial charge is 0.128 e. The largest absolute Gasteiger partial charge is 0.496 e. The summed E-state index contributed by atoms with van der Waals surface area (Å²) in [4.78, 5) is 4.37. The second kappa shape index (κ2) is 4.37. The lowest BCUT2D eigenvalue weighted by Crippen LogP contribution is -2.04. The summed E-state index contributed by atoms with van der Waals surface area (Å²) in [7, 11) is 3.60. The van der Waals surface area contributed by atoms with Gasteiger partial charge in [-0.2, -0.15) is 0 Å². The summed E-state index contributed by atoms with van der Waals surface area (Å²) in [5.74, 6) is 0.816. The van der Waals surface area contributed by atoms with Crippen molar-refractivity contribution < 1.29 is 4.74 Å². The molecule has 0 spiro atoms. The van der Waals surface area contributed by atoms with Crippen LogP contribution in [0, 0.1) is 0 Å². The average Bonchev–Trinajstić information content (AvgIpc) is 2.70. The molecule has 0 bridgehead atoms. The Morgan fingerprint density at radius 3 is 2.81 bits per heavy atom. The molecule has 0 aliphatic carbocycles. The summed E-state index contributed by atoms with van der Waals surface area (Å²) in [5.41, 5.74) is 8.60. The van der Waals surface area contributed by atoms with Crippen molar-refractivity contribution in [1.82, 2.24) is 9.55 Å². The molecule has 0 saturated heterocycles. The van der Waals surface area contributed by atoms with Gasteiger partial charge in [-0.1, -0.05) is 12.1 Å². The van der Waals surface area contributed by atoms with Gasteiger partial charge in [0.1, 0.15) is 5.75 Å². The monoisotopic (exact) mass is 217 g/mol. The van der Waals surface area contributed by atoms with Crippen molar-refractivity contribution in [3.05, 3.63) is 36.3 Å². The fourth-order valence-corrected chi connectivity index (χ4v) is 1.76. The van der Waals surface area contributed by atoms with Crippen LogP contribution in [0.4, 0.5) is 0 Å². The maximum absolute atomic E-state index is 5.72. The van der Waals surface area contributed by atoms with Gasteiger partial charge in [-0.15, -0.1) is 0 Å². The summed E-state index contributed by atoms with van der Waals surface area (Å²) in [6, 6.07) is 7.81. The van der Waals surface area contributed by atoms with E-state index in [1.165, 1.54) is 0 Å². The SMILES string of the molecule is COc1ccccc1-c1ncn(C)c1CN. The van der Waals surface area contributed by atoms with E-state index in [1.54, 1.807) is 13.4 Å². The predicted molar refractivity (Wildman–Crippen MR) is 63.1 cm³/mol. The molecule has 0 aliphatic rings. The molecule has 1 heterocycles. The number of aryl methyl sites for hydroxylation is 1. The topological polar surface area (TPSA) is 53.1 Å². The minimum Gasteiger partial charge on any atom is -0.496 e. The van der Waals surface area contributed by atoms with Gasteiger partial charge < -0.3 is 15.0 Å². The number of ether oxygens (including phenoxy) is 1. The van der Waals surface area contributed by atoms with Gasteiger partial charge in [-0.25, -0.2) is 4.98 Å². The van der Waals surface area contributed by atoms with Crippen molar-refractivity contribution in [2.75, 3.05) is 7.11 Å². The van der Waals surface area contributed by atoms with E-state index in [9.17, 15) is 0 Å². The molecule has 0 amide bonds. The first kappa shape index (κ1) is 10.7. The Balaban J connectivity index is 2.58. The molecule has 1 aromatic heterocycles. The first-order chi connectivity index (χ1) is 7.77. The lowest BCUT2D eigenvalue weighted by atomic mass is 10.1. The fraction of sp³-hybridized carbons (Fsp3) is 0.250. The Hall–Kier alpha value is -1.81. The van der Waals surface area contributed by atoms with Crippen LogP contribution in [-0.4, -0.2) is 16.7 Å². The molecule has 0 aliphatic heterocycles. The van der Waals surface area contributed by atoms with Crippen molar-refractivity contribution in [3.8, 4) is 17.0 Å². The van der Waals surface area contributed by atoms with Gasteiger partial charge in [0.15, 0.2) is 0 Å². The summed E-state index contributed by atoms with van der Waals surface area (Å²) < 4.78 is 7.25. The molecule has 2 aromatic rings. The molecule has 16 heavy (non-hydrogen) atoms. The molecule has 0 saturated carbocycles. The molecular formula is C12H15N3O. The number of benzene rings is 1.